The van der Waals surface area contributed by atoms with Gasteiger partial charge >= 0.3 is 0 Å². The quantitative estimate of drug-likeness (QED) is 0.864. The molecule has 6 nitrogen and oxygen atoms in total. The summed E-state index contributed by atoms with van der Waals surface area (Å²) in [5.41, 5.74) is 0.254. The van der Waals surface area contributed by atoms with Crippen LogP contribution in [0.15, 0.2) is 47.4 Å². The van der Waals surface area contributed by atoms with Crippen LogP contribution >= 0.6 is 11.6 Å². The Morgan fingerprint density at radius 2 is 1.92 bits per heavy atom. The molecule has 0 spiro atoms. The average Bonchev–Trinajstić information content (AvgIpc) is 2.65. The summed E-state index contributed by atoms with van der Waals surface area (Å²) in [6, 6.07) is 10.8. The Hall–Kier alpha value is -2.25. The van der Waals surface area contributed by atoms with Crippen molar-refractivity contribution in [3.63, 3.8) is 0 Å². The largest absolute Gasteiger partial charge is 0.490 e. The van der Waals surface area contributed by atoms with Gasteiger partial charge in [-0.15, -0.1) is 0 Å². The third-order valence-corrected chi connectivity index (χ3v) is 5.77. The van der Waals surface area contributed by atoms with E-state index >= 15 is 0 Å². The first-order chi connectivity index (χ1) is 12.1. The number of rotatable bonds is 3. The zero-order chi connectivity index (χ0) is 19.1. The first-order valence-corrected chi connectivity index (χ1v) is 9.80. The summed E-state index contributed by atoms with van der Waals surface area (Å²) >= 11 is 5.87. The number of carbonyl (C=O) groups excluding carboxylic acids is 1. The summed E-state index contributed by atoms with van der Waals surface area (Å²) in [6.07, 6.45) is 0. The monoisotopic (exact) mass is 394 g/mol. The van der Waals surface area contributed by atoms with Crippen molar-refractivity contribution in [1.82, 2.24) is 0 Å². The van der Waals surface area contributed by atoms with Gasteiger partial charge in [-0.25, -0.2) is 8.42 Å². The molecule has 2 aromatic carbocycles. The van der Waals surface area contributed by atoms with E-state index in [1.54, 1.807) is 51.2 Å². The van der Waals surface area contributed by atoms with E-state index in [2.05, 4.69) is 4.72 Å². The normalized spacial score (nSPS) is 16.5. The lowest BCUT2D eigenvalue weighted by Gasteiger charge is -2.24. The van der Waals surface area contributed by atoms with Crippen molar-refractivity contribution in [2.45, 2.75) is 18.7 Å². The van der Waals surface area contributed by atoms with Crippen LogP contribution in [0.4, 0.5) is 11.4 Å². The van der Waals surface area contributed by atoms with Crippen molar-refractivity contribution in [1.29, 1.82) is 0 Å². The number of carbonyl (C=O) groups is 1. The number of ether oxygens (including phenoxy) is 1. The van der Waals surface area contributed by atoms with Gasteiger partial charge in [-0.3, -0.25) is 9.52 Å². The lowest BCUT2D eigenvalue weighted by molar-refractivity contribution is -0.127. The summed E-state index contributed by atoms with van der Waals surface area (Å²) in [4.78, 5) is 14.1. The second kappa shape index (κ2) is 6.48. The number of anilines is 2. The maximum absolute atomic E-state index is 12.5. The molecule has 138 valence electrons. The van der Waals surface area contributed by atoms with Gasteiger partial charge in [0.25, 0.3) is 10.0 Å². The predicted octanol–water partition coefficient (Wildman–Crippen LogP) is 3.52. The topological polar surface area (TPSA) is 75.7 Å². The molecule has 1 aliphatic rings. The number of nitrogens with zero attached hydrogens (tertiary/aromatic N) is 1. The standard InChI is InChI=1S/C18H19ClN2O4S/c1-18(2)11-25-16-10-13(7-8-15(16)21(3)17(18)22)20-26(23,24)14-6-4-5-12(19)9-14/h4-10,20H,11H2,1-3H3. The van der Waals surface area contributed by atoms with Gasteiger partial charge in [-0.2, -0.15) is 0 Å². The van der Waals surface area contributed by atoms with Crippen LogP contribution in [0.3, 0.4) is 0 Å². The van der Waals surface area contributed by atoms with Gasteiger partial charge < -0.3 is 9.64 Å². The molecule has 0 aliphatic carbocycles. The fourth-order valence-electron chi connectivity index (χ4n) is 2.70. The molecular formula is C18H19ClN2O4S. The molecule has 1 N–H and O–H groups in total. The van der Waals surface area contributed by atoms with E-state index in [9.17, 15) is 13.2 Å². The van der Waals surface area contributed by atoms with Gasteiger partial charge in [0, 0.05) is 18.1 Å². The van der Waals surface area contributed by atoms with E-state index in [-0.39, 0.29) is 17.4 Å². The summed E-state index contributed by atoms with van der Waals surface area (Å²) in [5.74, 6) is 0.376. The van der Waals surface area contributed by atoms with Crippen LogP contribution in [0.2, 0.25) is 5.02 Å². The third kappa shape index (κ3) is 3.50. The molecule has 0 bridgehead atoms. The highest BCUT2D eigenvalue weighted by molar-refractivity contribution is 7.92. The Morgan fingerprint density at radius 1 is 1.19 bits per heavy atom. The third-order valence-electron chi connectivity index (χ3n) is 4.15. The van der Waals surface area contributed by atoms with Crippen molar-refractivity contribution < 1.29 is 17.9 Å². The summed E-state index contributed by atoms with van der Waals surface area (Å²) in [6.45, 7) is 3.81. The van der Waals surface area contributed by atoms with Crippen LogP contribution in [0.5, 0.6) is 5.75 Å². The Kier molecular flexibility index (Phi) is 4.62. The smallest absolute Gasteiger partial charge is 0.261 e. The number of halogens is 1. The Morgan fingerprint density at radius 3 is 2.62 bits per heavy atom. The minimum absolute atomic E-state index is 0.0642. The predicted molar refractivity (Wildman–Crippen MR) is 101 cm³/mol. The molecule has 26 heavy (non-hydrogen) atoms. The van der Waals surface area contributed by atoms with E-state index in [4.69, 9.17) is 16.3 Å². The molecule has 0 saturated heterocycles. The molecule has 0 fully saturated rings. The average molecular weight is 395 g/mol. The maximum atomic E-state index is 12.5. The molecule has 1 aliphatic heterocycles. The molecule has 8 heteroatoms. The van der Waals surface area contributed by atoms with Crippen LogP contribution in [0, 0.1) is 5.41 Å². The molecule has 0 radical (unpaired) electrons. The number of benzene rings is 2. The second-order valence-corrected chi connectivity index (χ2v) is 8.90. The number of fused-ring (bicyclic) bond motifs is 1. The van der Waals surface area contributed by atoms with Crippen molar-refractivity contribution in [2.24, 2.45) is 5.41 Å². The molecule has 3 rings (SSSR count). The number of hydrogen-bond acceptors (Lipinski definition) is 4. The summed E-state index contributed by atoms with van der Waals surface area (Å²) in [5, 5.41) is 0.334. The first-order valence-electron chi connectivity index (χ1n) is 7.93. The Balaban J connectivity index is 1.93. The first kappa shape index (κ1) is 18.5. The number of amides is 1. The number of nitrogens with one attached hydrogen (secondary N) is 1. The second-order valence-electron chi connectivity index (χ2n) is 6.78. The van der Waals surface area contributed by atoms with Crippen LogP contribution in [-0.4, -0.2) is 28.0 Å². The van der Waals surface area contributed by atoms with Crippen molar-refractivity contribution in [3.8, 4) is 5.75 Å². The molecular weight excluding hydrogens is 376 g/mol. The lowest BCUT2D eigenvalue weighted by Crippen LogP contribution is -2.39. The molecule has 1 amide bonds. The lowest BCUT2D eigenvalue weighted by atomic mass is 9.93. The number of sulfonamides is 1. The van der Waals surface area contributed by atoms with Crippen molar-refractivity contribution in [3.05, 3.63) is 47.5 Å². The summed E-state index contributed by atoms with van der Waals surface area (Å²) in [7, 11) is -2.12. The molecule has 0 atom stereocenters. The van der Waals surface area contributed by atoms with Gasteiger partial charge in [0.1, 0.15) is 12.4 Å². The van der Waals surface area contributed by atoms with E-state index in [1.807, 2.05) is 0 Å². The molecule has 0 saturated carbocycles. The zero-order valence-electron chi connectivity index (χ0n) is 14.6. The zero-order valence-corrected chi connectivity index (χ0v) is 16.2. The highest BCUT2D eigenvalue weighted by Gasteiger charge is 2.36. The fourth-order valence-corrected chi connectivity index (χ4v) is 4.05. The van der Waals surface area contributed by atoms with Gasteiger partial charge in [-0.05, 0) is 44.2 Å². The van der Waals surface area contributed by atoms with Crippen LogP contribution in [0.25, 0.3) is 0 Å². The van der Waals surface area contributed by atoms with Crippen LogP contribution in [0.1, 0.15) is 13.8 Å². The van der Waals surface area contributed by atoms with Crippen molar-refractivity contribution >= 4 is 38.9 Å². The fraction of sp³-hybridized carbons (Fsp3) is 0.278. The van der Waals surface area contributed by atoms with Crippen LogP contribution < -0.4 is 14.4 Å². The van der Waals surface area contributed by atoms with Crippen molar-refractivity contribution in [2.75, 3.05) is 23.3 Å². The summed E-state index contributed by atoms with van der Waals surface area (Å²) < 4.78 is 33.3. The van der Waals surface area contributed by atoms with E-state index < -0.39 is 15.4 Å². The van der Waals surface area contributed by atoms with E-state index in [0.717, 1.165) is 0 Å². The maximum Gasteiger partial charge on any atom is 0.261 e. The Labute approximate surface area is 157 Å². The molecule has 0 aromatic heterocycles. The Bertz CT molecular complexity index is 973. The van der Waals surface area contributed by atoms with Crippen LogP contribution in [-0.2, 0) is 14.8 Å². The minimum atomic E-state index is -3.79. The number of hydrogen-bond donors (Lipinski definition) is 1. The molecule has 1 heterocycles. The van der Waals surface area contributed by atoms with Gasteiger partial charge in [0.05, 0.1) is 21.7 Å². The van der Waals surface area contributed by atoms with Gasteiger partial charge in [-0.1, -0.05) is 17.7 Å². The molecule has 2 aromatic rings. The molecule has 0 unspecified atom stereocenters. The van der Waals surface area contributed by atoms with Gasteiger partial charge in [0.2, 0.25) is 5.91 Å². The van der Waals surface area contributed by atoms with E-state index in [1.165, 1.54) is 17.0 Å². The van der Waals surface area contributed by atoms with Gasteiger partial charge in [0.15, 0.2) is 0 Å². The minimum Gasteiger partial charge on any atom is -0.490 e. The highest BCUT2D eigenvalue weighted by atomic mass is 35.5. The highest BCUT2D eigenvalue weighted by Crippen LogP contribution is 2.37. The van der Waals surface area contributed by atoms with E-state index in [0.29, 0.717) is 22.1 Å². The SMILES string of the molecule is CN1C(=O)C(C)(C)COc2cc(NS(=O)(=O)c3cccc(Cl)c3)ccc21.